The quantitative estimate of drug-likeness (QED) is 0.542. The summed E-state index contributed by atoms with van der Waals surface area (Å²) in [7, 11) is 1.72. The Morgan fingerprint density at radius 3 is 2.72 bits per heavy atom. The summed E-state index contributed by atoms with van der Waals surface area (Å²) in [6.45, 7) is 1.42. The highest BCUT2D eigenvalue weighted by molar-refractivity contribution is 7.16. The maximum atomic E-state index is 11.8. The van der Waals surface area contributed by atoms with Gasteiger partial charge in [-0.15, -0.1) is 11.3 Å². The molecule has 0 radical (unpaired) electrons. The highest BCUT2D eigenvalue weighted by Crippen LogP contribution is 2.37. The number of nitrogens with zero attached hydrogens (tertiary/aromatic N) is 4. The van der Waals surface area contributed by atoms with E-state index in [4.69, 9.17) is 11.6 Å². The van der Waals surface area contributed by atoms with Crippen molar-refractivity contribution in [2.24, 2.45) is 5.92 Å². The average molecular weight is 432 g/mol. The molecule has 4 atom stereocenters. The lowest BCUT2D eigenvalue weighted by molar-refractivity contribution is -0.124. The van der Waals surface area contributed by atoms with Crippen LogP contribution >= 0.6 is 22.9 Å². The van der Waals surface area contributed by atoms with Crippen molar-refractivity contribution in [2.45, 2.75) is 31.6 Å². The molecule has 4 rings (SSSR count). The topological polar surface area (TPSA) is 113 Å². The van der Waals surface area contributed by atoms with Gasteiger partial charge in [-0.05, 0) is 37.3 Å². The maximum absolute atomic E-state index is 11.8. The number of rotatable bonds is 3. The number of hydrogen-bond acceptors (Lipinski definition) is 8. The van der Waals surface area contributed by atoms with Crippen LogP contribution in [0, 0.1) is 17.8 Å². The van der Waals surface area contributed by atoms with Gasteiger partial charge in [-0.25, -0.2) is 15.0 Å². The van der Waals surface area contributed by atoms with Crippen molar-refractivity contribution in [1.29, 1.82) is 0 Å². The number of halogens is 1. The largest absolute Gasteiger partial charge is 0.390 e. The molecule has 1 fully saturated rings. The minimum Gasteiger partial charge on any atom is -0.390 e. The minimum absolute atomic E-state index is 0.157. The van der Waals surface area contributed by atoms with E-state index in [2.05, 4.69) is 32.1 Å². The van der Waals surface area contributed by atoms with Crippen molar-refractivity contribution in [3.8, 4) is 11.8 Å². The summed E-state index contributed by atoms with van der Waals surface area (Å²) in [4.78, 5) is 25.8. The van der Waals surface area contributed by atoms with Crippen molar-refractivity contribution in [3.05, 3.63) is 33.5 Å². The number of carbonyl (C=O) groups is 1. The molecular weight excluding hydrogens is 414 g/mol. The van der Waals surface area contributed by atoms with Crippen LogP contribution in [0.4, 0.5) is 5.82 Å². The van der Waals surface area contributed by atoms with Crippen LogP contribution in [0.25, 0.3) is 11.2 Å². The third kappa shape index (κ3) is 3.60. The van der Waals surface area contributed by atoms with Gasteiger partial charge in [0.25, 0.3) is 0 Å². The summed E-state index contributed by atoms with van der Waals surface area (Å²) in [6.07, 6.45) is -0.378. The lowest BCUT2D eigenvalue weighted by Gasteiger charge is -2.18. The molecule has 3 aromatic heterocycles. The second-order valence-electron chi connectivity index (χ2n) is 6.83. The minimum atomic E-state index is -1.12. The molecule has 1 aliphatic rings. The Balaban J connectivity index is 1.77. The van der Waals surface area contributed by atoms with Crippen molar-refractivity contribution >= 4 is 45.7 Å². The predicted octanol–water partition coefficient (Wildman–Crippen LogP) is 1.85. The van der Waals surface area contributed by atoms with Crippen LogP contribution in [0.5, 0.6) is 0 Å². The van der Waals surface area contributed by atoms with Crippen LogP contribution in [0.15, 0.2) is 18.5 Å². The summed E-state index contributed by atoms with van der Waals surface area (Å²) in [6, 6.07) is 3.06. The fraction of sp³-hybridized carbons (Fsp3) is 0.368. The van der Waals surface area contributed by atoms with E-state index in [1.54, 1.807) is 24.0 Å². The number of nitrogens with one attached hydrogen (secondary N) is 1. The summed E-state index contributed by atoms with van der Waals surface area (Å²) >= 11 is 7.30. The van der Waals surface area contributed by atoms with Crippen molar-refractivity contribution in [3.63, 3.8) is 0 Å². The summed E-state index contributed by atoms with van der Waals surface area (Å²) in [5, 5.41) is 23.7. The highest BCUT2D eigenvalue weighted by atomic mass is 35.5. The zero-order valence-corrected chi connectivity index (χ0v) is 17.2. The van der Waals surface area contributed by atoms with Gasteiger partial charge >= 0.3 is 0 Å². The third-order valence-corrected chi connectivity index (χ3v) is 6.21. The zero-order valence-electron chi connectivity index (χ0n) is 15.6. The molecule has 3 heterocycles. The molecule has 3 N–H and O–H groups in total. The van der Waals surface area contributed by atoms with E-state index in [-0.39, 0.29) is 11.6 Å². The predicted molar refractivity (Wildman–Crippen MR) is 110 cm³/mol. The first-order valence-corrected chi connectivity index (χ1v) is 10.1. The molecule has 3 aromatic rings. The summed E-state index contributed by atoms with van der Waals surface area (Å²) in [5.74, 6) is 5.91. The number of carbonyl (C=O) groups excluding carboxylic acids is 1. The van der Waals surface area contributed by atoms with Gasteiger partial charge in [-0.3, -0.25) is 4.79 Å². The Kier molecular flexibility index (Phi) is 5.27. The Bertz CT molecular complexity index is 1150. The summed E-state index contributed by atoms with van der Waals surface area (Å²) in [5.41, 5.74) is 0.989. The molecule has 1 aliphatic carbocycles. The van der Waals surface area contributed by atoms with E-state index in [1.807, 2.05) is 6.07 Å². The van der Waals surface area contributed by atoms with Gasteiger partial charge in [0.15, 0.2) is 17.0 Å². The Morgan fingerprint density at radius 2 is 2.10 bits per heavy atom. The number of anilines is 1. The highest BCUT2D eigenvalue weighted by Gasteiger charge is 2.45. The average Bonchev–Trinajstić information content (AvgIpc) is 3.38. The molecule has 1 unspecified atom stereocenters. The van der Waals surface area contributed by atoms with Crippen LogP contribution in [0.3, 0.4) is 0 Å². The molecule has 0 bridgehead atoms. The smallest absolute Gasteiger partial charge is 0.209 e. The van der Waals surface area contributed by atoms with Gasteiger partial charge in [0.2, 0.25) is 5.82 Å². The van der Waals surface area contributed by atoms with E-state index in [0.717, 1.165) is 4.88 Å². The molecule has 0 amide bonds. The van der Waals surface area contributed by atoms with E-state index in [9.17, 15) is 15.0 Å². The van der Waals surface area contributed by atoms with Gasteiger partial charge in [0.1, 0.15) is 11.9 Å². The van der Waals surface area contributed by atoms with Crippen molar-refractivity contribution in [1.82, 2.24) is 19.5 Å². The third-order valence-electron chi connectivity index (χ3n) is 5.06. The molecule has 29 heavy (non-hydrogen) atoms. The summed E-state index contributed by atoms with van der Waals surface area (Å²) < 4.78 is 2.33. The second kappa shape index (κ2) is 7.72. The molecule has 0 saturated heterocycles. The second-order valence-corrected chi connectivity index (χ2v) is 8.54. The van der Waals surface area contributed by atoms with Crippen LogP contribution in [0.1, 0.15) is 30.1 Å². The first-order valence-electron chi connectivity index (χ1n) is 8.95. The fourth-order valence-corrected chi connectivity index (χ4v) is 4.47. The molecule has 10 heteroatoms. The van der Waals surface area contributed by atoms with Gasteiger partial charge in [0.05, 0.1) is 27.7 Å². The lowest BCUT2D eigenvalue weighted by atomic mass is 10.0. The number of Topliss-reactive ketones (excluding diaryl/α,β-unsaturated/α-hetero) is 1. The monoisotopic (exact) mass is 431 g/mol. The molecule has 8 nitrogen and oxygen atoms in total. The first kappa shape index (κ1) is 19.8. The molecule has 0 spiro atoms. The van der Waals surface area contributed by atoms with Crippen molar-refractivity contribution in [2.75, 3.05) is 12.4 Å². The number of aliphatic hydroxyl groups excluding tert-OH is 2. The number of hydrogen-bond donors (Lipinski definition) is 3. The molecule has 0 aliphatic heterocycles. The van der Waals surface area contributed by atoms with Crippen LogP contribution in [0.2, 0.25) is 4.34 Å². The number of aromatic nitrogens is 4. The fourth-order valence-electron chi connectivity index (χ4n) is 3.58. The number of fused-ring (bicyclic) bond motifs is 1. The Morgan fingerprint density at radius 1 is 1.31 bits per heavy atom. The van der Waals surface area contributed by atoms with E-state index in [1.165, 1.54) is 18.3 Å². The van der Waals surface area contributed by atoms with Crippen LogP contribution in [-0.2, 0) is 4.79 Å². The van der Waals surface area contributed by atoms with E-state index in [0.29, 0.717) is 27.7 Å². The van der Waals surface area contributed by atoms with Gasteiger partial charge < -0.3 is 20.1 Å². The number of aliphatic hydroxyl groups is 2. The standard InChI is InChI=1S/C19H18ClN5O3S/c1-9(26)11-7-12(17(28)16(11)27)25-8-22-15-18(21-2)23-14(24-19(15)25)6-4-10-3-5-13(20)29-10/h3,5,8,11-12,16-17,27-28H,7H2,1-2H3,(H,21,23,24)/t11-,12-,16?,17+/m1/s1. The Labute approximate surface area is 175 Å². The zero-order chi connectivity index (χ0) is 20.7. The molecule has 0 aromatic carbocycles. The number of imidazole rings is 1. The van der Waals surface area contributed by atoms with Crippen LogP contribution < -0.4 is 5.32 Å². The van der Waals surface area contributed by atoms with Gasteiger partial charge in [-0.2, -0.15) is 0 Å². The first-order chi connectivity index (χ1) is 13.9. The van der Waals surface area contributed by atoms with Gasteiger partial charge in [0, 0.05) is 13.0 Å². The van der Waals surface area contributed by atoms with E-state index >= 15 is 0 Å². The molecular formula is C19H18ClN5O3S. The SMILES string of the molecule is CNc1nc(C#Cc2ccc(Cl)s2)nc2c1ncn2[C@@H]1C[C@H](C(C)=O)C(O)[C@H]1O. The normalized spacial score (nSPS) is 23.8. The number of ketones is 1. The van der Waals surface area contributed by atoms with Crippen molar-refractivity contribution < 1.29 is 15.0 Å². The number of thiophene rings is 1. The molecule has 1 saturated carbocycles. The molecule has 150 valence electrons. The van der Waals surface area contributed by atoms with Crippen LogP contribution in [-0.4, -0.2) is 54.8 Å². The maximum Gasteiger partial charge on any atom is 0.209 e. The lowest BCUT2D eigenvalue weighted by Crippen LogP contribution is -2.31. The Hall–Kier alpha value is -2.51. The van der Waals surface area contributed by atoms with Gasteiger partial charge in [-0.1, -0.05) is 11.6 Å². The van der Waals surface area contributed by atoms with E-state index < -0.39 is 24.2 Å².